The van der Waals surface area contributed by atoms with Gasteiger partial charge in [0.15, 0.2) is 0 Å². The minimum Gasteiger partial charge on any atom is -0.393 e. The Morgan fingerprint density at radius 2 is 2.00 bits per heavy atom. The second-order valence-electron chi connectivity index (χ2n) is 6.45. The first-order valence-electron chi connectivity index (χ1n) is 7.87. The number of nitrogens with zero attached hydrogens (tertiary/aromatic N) is 1. The van der Waals surface area contributed by atoms with Crippen molar-refractivity contribution in [1.82, 2.24) is 4.90 Å². The second kappa shape index (κ2) is 6.00. The maximum atomic E-state index is 12.6. The lowest BCUT2D eigenvalue weighted by atomic mass is 9.85. The van der Waals surface area contributed by atoms with Crippen molar-refractivity contribution in [2.45, 2.75) is 50.2 Å². The van der Waals surface area contributed by atoms with E-state index >= 15 is 0 Å². The minimum atomic E-state index is -0.264. The number of aliphatic hydroxyl groups excluding tert-OH is 1. The van der Waals surface area contributed by atoms with Gasteiger partial charge in [0.25, 0.3) is 0 Å². The SMILES string of the molecule is O=C(C1CCC(O)CC1)N1CCO[C@]2(CCCOC2)C1. The topological polar surface area (TPSA) is 59.0 Å². The van der Waals surface area contributed by atoms with Crippen LogP contribution in [0, 0.1) is 5.92 Å². The summed E-state index contributed by atoms with van der Waals surface area (Å²) in [5, 5.41) is 9.56. The van der Waals surface area contributed by atoms with Crippen LogP contribution in [-0.2, 0) is 14.3 Å². The lowest BCUT2D eigenvalue weighted by molar-refractivity contribution is -0.179. The Kier molecular flexibility index (Phi) is 4.29. The van der Waals surface area contributed by atoms with Gasteiger partial charge < -0.3 is 19.5 Å². The van der Waals surface area contributed by atoms with E-state index in [0.29, 0.717) is 26.3 Å². The minimum absolute atomic E-state index is 0.0954. The molecule has 1 aliphatic carbocycles. The molecule has 1 spiro atoms. The van der Waals surface area contributed by atoms with E-state index in [1.807, 2.05) is 4.90 Å². The monoisotopic (exact) mass is 283 g/mol. The van der Waals surface area contributed by atoms with Crippen LogP contribution in [0.3, 0.4) is 0 Å². The van der Waals surface area contributed by atoms with Gasteiger partial charge in [0.1, 0.15) is 5.60 Å². The van der Waals surface area contributed by atoms with Crippen molar-refractivity contribution in [3.63, 3.8) is 0 Å². The highest BCUT2D eigenvalue weighted by Crippen LogP contribution is 2.31. The summed E-state index contributed by atoms with van der Waals surface area (Å²) in [5.74, 6) is 0.350. The molecule has 3 fully saturated rings. The molecule has 5 nitrogen and oxygen atoms in total. The number of hydrogen-bond donors (Lipinski definition) is 1. The Balaban J connectivity index is 1.60. The molecule has 3 aliphatic rings. The van der Waals surface area contributed by atoms with E-state index in [9.17, 15) is 9.90 Å². The van der Waals surface area contributed by atoms with E-state index in [-0.39, 0.29) is 23.5 Å². The van der Waals surface area contributed by atoms with Gasteiger partial charge in [-0.15, -0.1) is 0 Å². The normalized spacial score (nSPS) is 39.0. The van der Waals surface area contributed by atoms with E-state index in [1.165, 1.54) is 0 Å². The number of morpholine rings is 1. The molecule has 0 radical (unpaired) electrons. The van der Waals surface area contributed by atoms with Crippen molar-refractivity contribution in [3.8, 4) is 0 Å². The Morgan fingerprint density at radius 1 is 1.20 bits per heavy atom. The summed E-state index contributed by atoms with van der Waals surface area (Å²) >= 11 is 0. The van der Waals surface area contributed by atoms with Gasteiger partial charge in [0.05, 0.1) is 25.9 Å². The molecule has 5 heteroatoms. The number of amides is 1. The summed E-state index contributed by atoms with van der Waals surface area (Å²) in [4.78, 5) is 14.6. The lowest BCUT2D eigenvalue weighted by Crippen LogP contribution is -2.58. The van der Waals surface area contributed by atoms with E-state index in [4.69, 9.17) is 9.47 Å². The molecule has 3 rings (SSSR count). The fraction of sp³-hybridized carbons (Fsp3) is 0.933. The first-order chi connectivity index (χ1) is 9.69. The quantitative estimate of drug-likeness (QED) is 0.778. The van der Waals surface area contributed by atoms with Crippen LogP contribution in [0.4, 0.5) is 0 Å². The average molecular weight is 283 g/mol. The van der Waals surface area contributed by atoms with Crippen molar-refractivity contribution < 1.29 is 19.4 Å². The van der Waals surface area contributed by atoms with Gasteiger partial charge in [-0.2, -0.15) is 0 Å². The van der Waals surface area contributed by atoms with Crippen LogP contribution < -0.4 is 0 Å². The molecule has 0 aromatic heterocycles. The number of aliphatic hydroxyl groups is 1. The summed E-state index contributed by atoms with van der Waals surface area (Å²) in [6.45, 7) is 3.40. The Labute approximate surface area is 120 Å². The zero-order valence-electron chi connectivity index (χ0n) is 12.1. The van der Waals surface area contributed by atoms with Crippen LogP contribution in [0.1, 0.15) is 38.5 Å². The third kappa shape index (κ3) is 3.00. The molecule has 20 heavy (non-hydrogen) atoms. The maximum Gasteiger partial charge on any atom is 0.225 e. The van der Waals surface area contributed by atoms with Gasteiger partial charge >= 0.3 is 0 Å². The molecule has 0 aromatic rings. The molecule has 1 amide bonds. The molecule has 1 atom stereocenters. The van der Waals surface area contributed by atoms with Crippen molar-refractivity contribution in [2.24, 2.45) is 5.92 Å². The average Bonchev–Trinajstić information content (AvgIpc) is 2.48. The number of carbonyl (C=O) groups excluding carboxylic acids is 1. The molecule has 0 unspecified atom stereocenters. The van der Waals surface area contributed by atoms with Gasteiger partial charge in [-0.3, -0.25) is 4.79 Å². The van der Waals surface area contributed by atoms with Crippen molar-refractivity contribution in [2.75, 3.05) is 32.9 Å². The molecule has 0 aromatic carbocycles. The first-order valence-corrected chi connectivity index (χ1v) is 7.87. The van der Waals surface area contributed by atoms with E-state index in [0.717, 1.165) is 45.1 Å². The predicted octanol–water partition coefficient (Wildman–Crippen LogP) is 0.945. The van der Waals surface area contributed by atoms with Gasteiger partial charge in [0.2, 0.25) is 5.91 Å². The Morgan fingerprint density at radius 3 is 2.70 bits per heavy atom. The van der Waals surface area contributed by atoms with E-state index in [2.05, 4.69) is 0 Å². The molecule has 2 saturated heterocycles. The molecule has 2 aliphatic heterocycles. The summed E-state index contributed by atoms with van der Waals surface area (Å²) < 4.78 is 11.5. The van der Waals surface area contributed by atoms with Gasteiger partial charge in [-0.05, 0) is 38.5 Å². The van der Waals surface area contributed by atoms with Crippen LogP contribution in [-0.4, -0.2) is 60.5 Å². The number of ether oxygens (including phenoxy) is 2. The highest BCUT2D eigenvalue weighted by atomic mass is 16.5. The van der Waals surface area contributed by atoms with Gasteiger partial charge in [0, 0.05) is 19.1 Å². The van der Waals surface area contributed by atoms with Crippen molar-refractivity contribution in [1.29, 1.82) is 0 Å². The fourth-order valence-electron chi connectivity index (χ4n) is 3.68. The molecule has 0 bridgehead atoms. The summed E-state index contributed by atoms with van der Waals surface area (Å²) in [6, 6.07) is 0. The van der Waals surface area contributed by atoms with Crippen LogP contribution in [0.2, 0.25) is 0 Å². The number of carbonyl (C=O) groups is 1. The Bertz CT molecular complexity index is 340. The highest BCUT2D eigenvalue weighted by molar-refractivity contribution is 5.79. The highest BCUT2D eigenvalue weighted by Gasteiger charge is 2.41. The molecule has 1 N–H and O–H groups in total. The third-order valence-electron chi connectivity index (χ3n) is 4.89. The third-order valence-corrected chi connectivity index (χ3v) is 4.89. The van der Waals surface area contributed by atoms with E-state index in [1.54, 1.807) is 0 Å². The smallest absolute Gasteiger partial charge is 0.225 e. The summed E-state index contributed by atoms with van der Waals surface area (Å²) in [7, 11) is 0. The van der Waals surface area contributed by atoms with Crippen molar-refractivity contribution in [3.05, 3.63) is 0 Å². The maximum absolute atomic E-state index is 12.6. The summed E-state index contributed by atoms with van der Waals surface area (Å²) in [6.07, 6.45) is 4.95. The van der Waals surface area contributed by atoms with Crippen LogP contribution in [0.15, 0.2) is 0 Å². The zero-order valence-corrected chi connectivity index (χ0v) is 12.1. The van der Waals surface area contributed by atoms with Crippen LogP contribution in [0.5, 0.6) is 0 Å². The van der Waals surface area contributed by atoms with Gasteiger partial charge in [-0.25, -0.2) is 0 Å². The zero-order chi connectivity index (χ0) is 14.0. The number of rotatable bonds is 1. The van der Waals surface area contributed by atoms with E-state index < -0.39 is 0 Å². The van der Waals surface area contributed by atoms with Crippen LogP contribution >= 0.6 is 0 Å². The first kappa shape index (κ1) is 14.3. The van der Waals surface area contributed by atoms with Gasteiger partial charge in [-0.1, -0.05) is 0 Å². The largest absolute Gasteiger partial charge is 0.393 e. The molecule has 1 saturated carbocycles. The number of hydrogen-bond acceptors (Lipinski definition) is 4. The standard InChI is InChI=1S/C15H25NO4/c17-13-4-2-12(3-5-13)14(18)16-7-9-20-15(10-16)6-1-8-19-11-15/h12-13,17H,1-11H2/t12?,13?,15-/m1/s1. The molecule has 114 valence electrons. The molecular formula is C15H25NO4. The Hall–Kier alpha value is -0.650. The summed E-state index contributed by atoms with van der Waals surface area (Å²) in [5.41, 5.74) is -0.264. The molecule has 2 heterocycles. The molecular weight excluding hydrogens is 258 g/mol. The lowest BCUT2D eigenvalue weighted by Gasteiger charge is -2.45. The van der Waals surface area contributed by atoms with Crippen LogP contribution in [0.25, 0.3) is 0 Å². The van der Waals surface area contributed by atoms with Crippen molar-refractivity contribution >= 4 is 5.91 Å². The fourth-order valence-corrected chi connectivity index (χ4v) is 3.68. The predicted molar refractivity (Wildman–Crippen MR) is 73.3 cm³/mol. The second-order valence-corrected chi connectivity index (χ2v) is 6.45.